The molecule has 3 aromatic rings. The van der Waals surface area contributed by atoms with E-state index in [1.165, 1.54) is 11.8 Å². The largest absolute Gasteiger partial charge is 0.325 e. The smallest absolute Gasteiger partial charge is 0.234 e. The Labute approximate surface area is 148 Å². The highest BCUT2D eigenvalue weighted by atomic mass is 35.5. The lowest BCUT2D eigenvalue weighted by Gasteiger charge is -2.06. The third kappa shape index (κ3) is 4.33. The number of anilines is 1. The molecule has 2 aromatic carbocycles. The average Bonchev–Trinajstić information content (AvgIpc) is 3.06. The van der Waals surface area contributed by atoms with Gasteiger partial charge in [-0.25, -0.2) is 0 Å². The van der Waals surface area contributed by atoms with Crippen LogP contribution in [0.25, 0.3) is 5.69 Å². The van der Waals surface area contributed by atoms with E-state index in [1.807, 2.05) is 30.3 Å². The lowest BCUT2D eigenvalue weighted by atomic mass is 10.3. The van der Waals surface area contributed by atoms with Gasteiger partial charge in [-0.1, -0.05) is 29.8 Å². The van der Waals surface area contributed by atoms with E-state index < -0.39 is 0 Å². The summed E-state index contributed by atoms with van der Waals surface area (Å²) in [7, 11) is 0. The van der Waals surface area contributed by atoms with Gasteiger partial charge in [-0.3, -0.25) is 4.79 Å². The number of tetrazole rings is 1. The summed E-state index contributed by atoms with van der Waals surface area (Å²) < 4.78 is 1.67. The molecular formula is C16H14ClN5OS. The van der Waals surface area contributed by atoms with Crippen LogP contribution in [0.3, 0.4) is 0 Å². The topological polar surface area (TPSA) is 72.7 Å². The van der Waals surface area contributed by atoms with Crippen LogP contribution in [0.5, 0.6) is 0 Å². The molecule has 0 aliphatic heterocycles. The molecule has 6 nitrogen and oxygen atoms in total. The molecule has 24 heavy (non-hydrogen) atoms. The molecule has 0 aliphatic rings. The van der Waals surface area contributed by atoms with Crippen LogP contribution in [0.4, 0.5) is 5.69 Å². The van der Waals surface area contributed by atoms with Gasteiger partial charge in [0.05, 0.1) is 17.2 Å². The quantitative estimate of drug-likeness (QED) is 0.731. The number of nitrogens with one attached hydrogen (secondary N) is 1. The Kier molecular flexibility index (Phi) is 5.45. The van der Waals surface area contributed by atoms with E-state index >= 15 is 0 Å². The fourth-order valence-electron chi connectivity index (χ4n) is 2.03. The van der Waals surface area contributed by atoms with Crippen molar-refractivity contribution in [3.05, 3.63) is 65.4 Å². The van der Waals surface area contributed by atoms with Crippen molar-refractivity contribution in [2.75, 3.05) is 11.1 Å². The Morgan fingerprint density at radius 1 is 1.12 bits per heavy atom. The van der Waals surface area contributed by atoms with Crippen LogP contribution in [0.15, 0.2) is 54.6 Å². The van der Waals surface area contributed by atoms with E-state index in [0.717, 1.165) is 11.4 Å². The number of aromatic nitrogens is 4. The number of halogens is 1. The molecule has 0 radical (unpaired) electrons. The van der Waals surface area contributed by atoms with Crippen LogP contribution >= 0.6 is 23.4 Å². The SMILES string of the molecule is O=C(CSCc1nnnn1-c1ccccc1)Nc1ccc(Cl)cc1. The molecule has 3 rings (SSSR count). The van der Waals surface area contributed by atoms with E-state index in [2.05, 4.69) is 20.8 Å². The minimum Gasteiger partial charge on any atom is -0.325 e. The number of nitrogens with zero attached hydrogens (tertiary/aromatic N) is 4. The molecule has 0 fully saturated rings. The van der Waals surface area contributed by atoms with Gasteiger partial charge in [-0.2, -0.15) is 4.68 Å². The zero-order valence-corrected chi connectivity index (χ0v) is 14.2. The molecule has 0 atom stereocenters. The molecule has 1 aromatic heterocycles. The van der Waals surface area contributed by atoms with Gasteiger partial charge < -0.3 is 5.32 Å². The Morgan fingerprint density at radius 3 is 2.62 bits per heavy atom. The van der Waals surface area contributed by atoms with Gasteiger partial charge >= 0.3 is 0 Å². The maximum atomic E-state index is 12.0. The predicted molar refractivity (Wildman–Crippen MR) is 95.4 cm³/mol. The van der Waals surface area contributed by atoms with Crippen LogP contribution in [0.1, 0.15) is 5.82 Å². The van der Waals surface area contributed by atoms with E-state index in [9.17, 15) is 4.79 Å². The highest BCUT2D eigenvalue weighted by Gasteiger charge is 2.09. The molecule has 0 aliphatic carbocycles. The van der Waals surface area contributed by atoms with Crippen LogP contribution in [-0.2, 0) is 10.5 Å². The molecule has 0 saturated carbocycles. The molecule has 1 amide bonds. The zero-order chi connectivity index (χ0) is 16.8. The van der Waals surface area contributed by atoms with Crippen LogP contribution in [-0.4, -0.2) is 31.9 Å². The number of hydrogen-bond donors (Lipinski definition) is 1. The maximum Gasteiger partial charge on any atom is 0.234 e. The molecule has 0 saturated heterocycles. The van der Waals surface area contributed by atoms with E-state index in [-0.39, 0.29) is 5.91 Å². The summed E-state index contributed by atoms with van der Waals surface area (Å²) in [6.45, 7) is 0. The van der Waals surface area contributed by atoms with Gasteiger partial charge in [0.2, 0.25) is 5.91 Å². The second kappa shape index (κ2) is 7.94. The van der Waals surface area contributed by atoms with Crippen LogP contribution in [0.2, 0.25) is 5.02 Å². The second-order valence-corrected chi connectivity index (χ2v) is 6.31. The van der Waals surface area contributed by atoms with Crippen LogP contribution < -0.4 is 5.32 Å². The first-order valence-electron chi connectivity index (χ1n) is 7.18. The average molecular weight is 360 g/mol. The predicted octanol–water partition coefficient (Wildman–Crippen LogP) is 3.19. The minimum atomic E-state index is -0.0824. The molecule has 0 spiro atoms. The number of para-hydroxylation sites is 1. The van der Waals surface area contributed by atoms with Gasteiger partial charge in [0.25, 0.3) is 0 Å². The van der Waals surface area contributed by atoms with Gasteiger partial charge in [0, 0.05) is 10.7 Å². The molecule has 0 unspecified atom stereocenters. The summed E-state index contributed by atoms with van der Waals surface area (Å²) in [5.41, 5.74) is 1.61. The molecule has 1 N–H and O–H groups in total. The molecular weight excluding hydrogens is 346 g/mol. The number of amides is 1. The summed E-state index contributed by atoms with van der Waals surface area (Å²) in [6, 6.07) is 16.6. The van der Waals surface area contributed by atoms with Crippen LogP contribution in [0, 0.1) is 0 Å². The number of carbonyl (C=O) groups is 1. The lowest BCUT2D eigenvalue weighted by molar-refractivity contribution is -0.113. The van der Waals surface area contributed by atoms with Gasteiger partial charge in [-0.15, -0.1) is 16.9 Å². The first-order valence-corrected chi connectivity index (χ1v) is 8.71. The zero-order valence-electron chi connectivity index (χ0n) is 12.6. The maximum absolute atomic E-state index is 12.0. The molecule has 122 valence electrons. The molecule has 1 heterocycles. The van der Waals surface area contributed by atoms with Crippen molar-refractivity contribution in [2.24, 2.45) is 0 Å². The molecule has 8 heteroatoms. The Hall–Kier alpha value is -2.38. The van der Waals surface area contributed by atoms with E-state index in [1.54, 1.807) is 28.9 Å². The fourth-order valence-corrected chi connectivity index (χ4v) is 2.88. The summed E-state index contributed by atoms with van der Waals surface area (Å²) in [5, 5.41) is 15.2. The summed E-state index contributed by atoms with van der Waals surface area (Å²) in [4.78, 5) is 12.0. The first-order chi connectivity index (χ1) is 11.7. The summed E-state index contributed by atoms with van der Waals surface area (Å²) >= 11 is 7.27. The van der Waals surface area contributed by atoms with Crippen molar-refractivity contribution in [3.63, 3.8) is 0 Å². The number of hydrogen-bond acceptors (Lipinski definition) is 5. The van der Waals surface area contributed by atoms with Crippen molar-refractivity contribution in [1.29, 1.82) is 0 Å². The third-order valence-electron chi connectivity index (χ3n) is 3.13. The number of carbonyl (C=O) groups excluding carboxylic acids is 1. The number of thioether (sulfide) groups is 1. The highest BCUT2D eigenvalue weighted by Crippen LogP contribution is 2.16. The van der Waals surface area contributed by atoms with E-state index in [0.29, 0.717) is 22.4 Å². The first kappa shape index (κ1) is 16.5. The Bertz CT molecular complexity index is 807. The van der Waals surface area contributed by atoms with Crippen molar-refractivity contribution >= 4 is 35.0 Å². The highest BCUT2D eigenvalue weighted by molar-refractivity contribution is 7.99. The van der Waals surface area contributed by atoms with Gasteiger partial charge in [-0.05, 0) is 46.8 Å². The van der Waals surface area contributed by atoms with Gasteiger partial charge in [0.15, 0.2) is 5.82 Å². The van der Waals surface area contributed by atoms with Crippen molar-refractivity contribution in [2.45, 2.75) is 5.75 Å². The van der Waals surface area contributed by atoms with Crippen molar-refractivity contribution in [1.82, 2.24) is 20.2 Å². The standard InChI is InChI=1S/C16H14ClN5OS/c17-12-6-8-13(9-7-12)18-16(23)11-24-10-15-19-20-21-22(15)14-4-2-1-3-5-14/h1-9H,10-11H2,(H,18,23). The lowest BCUT2D eigenvalue weighted by Crippen LogP contribution is -2.14. The molecule has 0 bridgehead atoms. The number of benzene rings is 2. The fraction of sp³-hybridized carbons (Fsp3) is 0.125. The summed E-state index contributed by atoms with van der Waals surface area (Å²) in [6.07, 6.45) is 0. The Morgan fingerprint density at radius 2 is 1.88 bits per heavy atom. The van der Waals surface area contributed by atoms with Crippen molar-refractivity contribution < 1.29 is 4.79 Å². The van der Waals surface area contributed by atoms with Gasteiger partial charge in [0.1, 0.15) is 0 Å². The number of rotatable bonds is 6. The van der Waals surface area contributed by atoms with Crippen molar-refractivity contribution in [3.8, 4) is 5.69 Å². The Balaban J connectivity index is 1.53. The minimum absolute atomic E-state index is 0.0824. The monoisotopic (exact) mass is 359 g/mol. The second-order valence-electron chi connectivity index (χ2n) is 4.89. The van der Waals surface area contributed by atoms with E-state index in [4.69, 9.17) is 11.6 Å². The normalized spacial score (nSPS) is 10.5. The third-order valence-corrected chi connectivity index (χ3v) is 4.31. The summed E-state index contributed by atoms with van der Waals surface area (Å²) in [5.74, 6) is 1.46.